The van der Waals surface area contributed by atoms with Crippen molar-refractivity contribution in [3.05, 3.63) is 17.1 Å². The summed E-state index contributed by atoms with van der Waals surface area (Å²) in [4.78, 5) is 0. The van der Waals surface area contributed by atoms with E-state index in [1.54, 1.807) is 0 Å². The van der Waals surface area contributed by atoms with Crippen LogP contribution in [-0.4, -0.2) is 22.1 Å². The van der Waals surface area contributed by atoms with Crippen molar-refractivity contribution in [2.75, 3.05) is 6.54 Å². The number of aliphatic hydroxyl groups excluding tert-OH is 1. The first-order valence-corrected chi connectivity index (χ1v) is 6.56. The van der Waals surface area contributed by atoms with Gasteiger partial charge in [-0.3, -0.25) is 0 Å². The molecular formula is C12H22N2OS. The molecule has 0 saturated heterocycles. The molecule has 1 aromatic rings. The van der Waals surface area contributed by atoms with Gasteiger partial charge in [-0.2, -0.15) is 4.37 Å². The van der Waals surface area contributed by atoms with Gasteiger partial charge >= 0.3 is 0 Å². The maximum Gasteiger partial charge on any atom is 0.0708 e. The van der Waals surface area contributed by atoms with Gasteiger partial charge in [0.05, 0.1) is 11.8 Å². The van der Waals surface area contributed by atoms with Gasteiger partial charge in [0.25, 0.3) is 0 Å². The molecule has 0 aromatic carbocycles. The molecule has 0 spiro atoms. The van der Waals surface area contributed by atoms with E-state index >= 15 is 0 Å². The van der Waals surface area contributed by atoms with Gasteiger partial charge < -0.3 is 10.4 Å². The molecule has 1 rings (SSSR count). The van der Waals surface area contributed by atoms with Crippen LogP contribution in [0.1, 0.15) is 45.9 Å². The number of rotatable bonds is 6. The minimum absolute atomic E-state index is 0.110. The predicted octanol–water partition coefficient (Wildman–Crippen LogP) is 2.59. The summed E-state index contributed by atoms with van der Waals surface area (Å²) in [6.07, 6.45) is 0.565. The van der Waals surface area contributed by atoms with Gasteiger partial charge in [0.1, 0.15) is 0 Å². The third kappa shape index (κ3) is 4.60. The van der Waals surface area contributed by atoms with E-state index in [0.29, 0.717) is 0 Å². The summed E-state index contributed by atoms with van der Waals surface area (Å²) in [6.45, 7) is 9.18. The van der Waals surface area contributed by atoms with Crippen LogP contribution in [0.4, 0.5) is 0 Å². The Bertz CT molecular complexity index is 296. The maximum atomic E-state index is 9.40. The summed E-state index contributed by atoms with van der Waals surface area (Å²) in [5, 5.41) is 14.9. The number of aliphatic hydroxyl groups is 1. The quantitative estimate of drug-likeness (QED) is 0.806. The summed E-state index contributed by atoms with van der Waals surface area (Å²) >= 11 is 1.48. The smallest absolute Gasteiger partial charge is 0.0708 e. The minimum Gasteiger partial charge on any atom is -0.393 e. The fourth-order valence-corrected chi connectivity index (χ4v) is 2.45. The number of hydrogen-bond donors (Lipinski definition) is 2. The van der Waals surface area contributed by atoms with E-state index in [1.807, 2.05) is 18.4 Å². The van der Waals surface area contributed by atoms with Crippen LogP contribution in [0.2, 0.25) is 0 Å². The highest BCUT2D eigenvalue weighted by molar-refractivity contribution is 7.03. The molecular weight excluding hydrogens is 220 g/mol. The Morgan fingerprint density at radius 3 is 2.69 bits per heavy atom. The van der Waals surface area contributed by atoms with E-state index in [9.17, 15) is 5.11 Å². The summed E-state index contributed by atoms with van der Waals surface area (Å²) in [5.74, 6) is 0. The fourth-order valence-electron chi connectivity index (χ4n) is 1.85. The van der Waals surface area contributed by atoms with Crippen molar-refractivity contribution in [3.63, 3.8) is 0 Å². The zero-order chi connectivity index (χ0) is 12.2. The number of nitrogens with zero attached hydrogens (tertiary/aromatic N) is 1. The minimum atomic E-state index is -0.244. The Labute approximate surface area is 102 Å². The maximum absolute atomic E-state index is 9.40. The first kappa shape index (κ1) is 13.6. The van der Waals surface area contributed by atoms with E-state index in [-0.39, 0.29) is 17.6 Å². The Morgan fingerprint density at radius 2 is 2.19 bits per heavy atom. The predicted molar refractivity (Wildman–Crippen MR) is 68.6 cm³/mol. The van der Waals surface area contributed by atoms with Crippen LogP contribution in [0.5, 0.6) is 0 Å². The lowest BCUT2D eigenvalue weighted by molar-refractivity contribution is 0.126. The van der Waals surface area contributed by atoms with Crippen LogP contribution >= 0.6 is 11.5 Å². The Morgan fingerprint density at radius 1 is 1.50 bits per heavy atom. The Kier molecular flexibility index (Phi) is 4.89. The highest BCUT2D eigenvalue weighted by Crippen LogP contribution is 2.22. The third-order valence-corrected chi connectivity index (χ3v) is 3.21. The zero-order valence-corrected chi connectivity index (χ0v) is 11.3. The van der Waals surface area contributed by atoms with Crippen LogP contribution in [-0.2, 0) is 0 Å². The van der Waals surface area contributed by atoms with Crippen LogP contribution < -0.4 is 5.32 Å². The monoisotopic (exact) mass is 242 g/mol. The molecule has 0 aliphatic heterocycles. The second-order valence-corrected chi connectivity index (χ2v) is 5.91. The lowest BCUT2D eigenvalue weighted by Gasteiger charge is -2.28. The second kappa shape index (κ2) is 5.75. The fraction of sp³-hybridized carbons (Fsp3) is 0.750. The SMILES string of the molecule is CC(O)CC(C)(C)CNC(C)c1ccsn1. The molecule has 2 unspecified atom stereocenters. The molecule has 1 heterocycles. The Balaban J connectivity index is 2.39. The second-order valence-electron chi connectivity index (χ2n) is 5.24. The molecule has 0 radical (unpaired) electrons. The molecule has 16 heavy (non-hydrogen) atoms. The van der Waals surface area contributed by atoms with Crippen molar-refractivity contribution in [1.82, 2.24) is 9.69 Å². The summed E-state index contributed by atoms with van der Waals surface area (Å²) in [5.41, 5.74) is 1.20. The van der Waals surface area contributed by atoms with Gasteiger partial charge in [0.15, 0.2) is 0 Å². The normalized spacial score (nSPS) is 16.1. The van der Waals surface area contributed by atoms with E-state index in [1.165, 1.54) is 11.5 Å². The highest BCUT2D eigenvalue weighted by Gasteiger charge is 2.21. The lowest BCUT2D eigenvalue weighted by atomic mass is 9.86. The zero-order valence-electron chi connectivity index (χ0n) is 10.5. The molecule has 0 saturated carbocycles. The third-order valence-electron chi connectivity index (χ3n) is 2.64. The molecule has 0 aliphatic rings. The lowest BCUT2D eigenvalue weighted by Crippen LogP contribution is -2.33. The summed E-state index contributed by atoms with van der Waals surface area (Å²) in [6, 6.07) is 2.32. The van der Waals surface area contributed by atoms with Crippen LogP contribution in [0.25, 0.3) is 0 Å². The largest absolute Gasteiger partial charge is 0.393 e. The van der Waals surface area contributed by atoms with E-state index in [4.69, 9.17) is 0 Å². The van der Waals surface area contributed by atoms with Gasteiger partial charge in [-0.1, -0.05) is 13.8 Å². The Hall–Kier alpha value is -0.450. The van der Waals surface area contributed by atoms with Crippen molar-refractivity contribution >= 4 is 11.5 Å². The molecule has 2 atom stereocenters. The summed E-state index contributed by atoms with van der Waals surface area (Å²) < 4.78 is 4.31. The van der Waals surface area contributed by atoms with Crippen LogP contribution in [0, 0.1) is 5.41 Å². The van der Waals surface area contributed by atoms with E-state index in [2.05, 4.69) is 30.5 Å². The van der Waals surface area contributed by atoms with E-state index in [0.717, 1.165) is 18.7 Å². The first-order valence-electron chi connectivity index (χ1n) is 5.72. The van der Waals surface area contributed by atoms with Crippen LogP contribution in [0.15, 0.2) is 11.4 Å². The molecule has 4 heteroatoms. The van der Waals surface area contributed by atoms with Gasteiger partial charge in [-0.25, -0.2) is 0 Å². The number of aromatic nitrogens is 1. The molecule has 0 bridgehead atoms. The van der Waals surface area contributed by atoms with Gasteiger partial charge in [-0.05, 0) is 43.3 Å². The molecule has 0 fully saturated rings. The molecule has 1 aromatic heterocycles. The number of hydrogen-bond acceptors (Lipinski definition) is 4. The van der Waals surface area contributed by atoms with Crippen molar-refractivity contribution in [3.8, 4) is 0 Å². The van der Waals surface area contributed by atoms with Crippen LogP contribution in [0.3, 0.4) is 0 Å². The van der Waals surface area contributed by atoms with Gasteiger partial charge in [0.2, 0.25) is 0 Å². The highest BCUT2D eigenvalue weighted by atomic mass is 32.1. The van der Waals surface area contributed by atoms with Crippen molar-refractivity contribution in [1.29, 1.82) is 0 Å². The molecule has 0 amide bonds. The van der Waals surface area contributed by atoms with Crippen molar-refractivity contribution in [2.24, 2.45) is 5.41 Å². The first-order chi connectivity index (χ1) is 7.41. The molecule has 0 aliphatic carbocycles. The average molecular weight is 242 g/mol. The standard InChI is InChI=1S/C12H22N2OS/c1-9(15)7-12(3,4)8-13-10(2)11-5-6-16-14-11/h5-6,9-10,13,15H,7-8H2,1-4H3. The number of nitrogens with one attached hydrogen (secondary N) is 1. The van der Waals surface area contributed by atoms with Crippen molar-refractivity contribution in [2.45, 2.75) is 46.3 Å². The van der Waals surface area contributed by atoms with E-state index < -0.39 is 0 Å². The van der Waals surface area contributed by atoms with Gasteiger partial charge in [0, 0.05) is 18.0 Å². The molecule has 2 N–H and O–H groups in total. The summed E-state index contributed by atoms with van der Waals surface area (Å²) in [7, 11) is 0. The average Bonchev–Trinajstić information content (AvgIpc) is 2.64. The topological polar surface area (TPSA) is 45.1 Å². The van der Waals surface area contributed by atoms with Gasteiger partial charge in [-0.15, -0.1) is 0 Å². The molecule has 92 valence electrons. The molecule has 3 nitrogen and oxygen atoms in total. The van der Waals surface area contributed by atoms with Crippen molar-refractivity contribution < 1.29 is 5.11 Å².